The van der Waals surface area contributed by atoms with Crippen molar-refractivity contribution in [3.05, 3.63) is 76.0 Å². The molecule has 0 spiro atoms. The van der Waals surface area contributed by atoms with Gasteiger partial charge in [0.2, 0.25) is 0 Å². The highest BCUT2D eigenvalue weighted by molar-refractivity contribution is 6.06. The molecule has 2 aromatic carbocycles. The number of carbonyl (C=O) groups excluding carboxylic acids is 1. The Balaban J connectivity index is 1.49. The Kier molecular flexibility index (Phi) is 4.65. The number of hydrogen-bond donors (Lipinski definition) is 0. The van der Waals surface area contributed by atoms with Gasteiger partial charge in [-0.25, -0.2) is 0 Å². The van der Waals surface area contributed by atoms with Crippen molar-refractivity contribution in [1.82, 2.24) is 9.88 Å². The molecule has 0 aliphatic carbocycles. The van der Waals surface area contributed by atoms with Gasteiger partial charge in [0, 0.05) is 55.1 Å². The molecule has 0 radical (unpaired) electrons. The lowest BCUT2D eigenvalue weighted by atomic mass is 10.1. The molecular formula is C21H20N4O3. The minimum absolute atomic E-state index is 0.0186. The van der Waals surface area contributed by atoms with Gasteiger partial charge in [-0.2, -0.15) is 0 Å². The number of aryl methyl sites for hydroxylation is 1. The van der Waals surface area contributed by atoms with E-state index in [-0.39, 0.29) is 11.6 Å². The van der Waals surface area contributed by atoms with Crippen molar-refractivity contribution < 1.29 is 9.72 Å². The summed E-state index contributed by atoms with van der Waals surface area (Å²) in [5.74, 6) is 0.0186. The van der Waals surface area contributed by atoms with Crippen molar-refractivity contribution >= 4 is 28.2 Å². The van der Waals surface area contributed by atoms with E-state index in [9.17, 15) is 14.9 Å². The summed E-state index contributed by atoms with van der Waals surface area (Å²) in [5, 5.41) is 11.7. The maximum atomic E-state index is 13.1. The number of piperazine rings is 1. The third kappa shape index (κ3) is 3.38. The standard InChI is InChI=1S/C21H20N4O3/c1-15-14-19(18-4-2-3-5-20(18)22-15)21(26)24-12-10-23(11-13-24)16-6-8-17(9-7-16)25(27)28/h2-9,14H,10-13H2,1H3. The summed E-state index contributed by atoms with van der Waals surface area (Å²) >= 11 is 0. The molecule has 1 saturated heterocycles. The van der Waals surface area contributed by atoms with Crippen LogP contribution in [0.3, 0.4) is 0 Å². The van der Waals surface area contributed by atoms with Crippen molar-refractivity contribution in [1.29, 1.82) is 0 Å². The van der Waals surface area contributed by atoms with Gasteiger partial charge >= 0.3 is 0 Å². The number of rotatable bonds is 3. The molecule has 1 amide bonds. The summed E-state index contributed by atoms with van der Waals surface area (Å²) in [4.78, 5) is 32.0. The smallest absolute Gasteiger partial charge is 0.269 e. The van der Waals surface area contributed by atoms with Crippen LogP contribution in [0.2, 0.25) is 0 Å². The molecular weight excluding hydrogens is 356 g/mol. The topological polar surface area (TPSA) is 79.6 Å². The number of nitro benzene ring substituents is 1. The number of amides is 1. The molecule has 0 saturated carbocycles. The number of benzene rings is 2. The second-order valence-electron chi connectivity index (χ2n) is 6.88. The average Bonchev–Trinajstić information content (AvgIpc) is 2.73. The van der Waals surface area contributed by atoms with Gasteiger partial charge in [0.25, 0.3) is 11.6 Å². The number of fused-ring (bicyclic) bond motifs is 1. The Morgan fingerprint density at radius 2 is 1.71 bits per heavy atom. The second kappa shape index (κ2) is 7.26. The van der Waals surface area contributed by atoms with Crippen LogP contribution in [0.25, 0.3) is 10.9 Å². The molecule has 7 heteroatoms. The van der Waals surface area contributed by atoms with E-state index in [0.29, 0.717) is 31.7 Å². The number of para-hydroxylation sites is 1. The lowest BCUT2D eigenvalue weighted by Gasteiger charge is -2.36. The van der Waals surface area contributed by atoms with Gasteiger partial charge in [0.05, 0.1) is 16.0 Å². The minimum atomic E-state index is -0.401. The van der Waals surface area contributed by atoms with Crippen LogP contribution in [0.1, 0.15) is 16.1 Å². The number of aromatic nitrogens is 1. The molecule has 0 unspecified atom stereocenters. The predicted octanol–water partition coefficient (Wildman–Crippen LogP) is 3.41. The van der Waals surface area contributed by atoms with E-state index in [1.807, 2.05) is 42.2 Å². The summed E-state index contributed by atoms with van der Waals surface area (Å²) in [7, 11) is 0. The molecule has 1 aliphatic rings. The third-order valence-corrected chi connectivity index (χ3v) is 5.07. The minimum Gasteiger partial charge on any atom is -0.368 e. The number of carbonyl (C=O) groups is 1. The summed E-state index contributed by atoms with van der Waals surface area (Å²) in [6.07, 6.45) is 0. The second-order valence-corrected chi connectivity index (χ2v) is 6.88. The first-order valence-electron chi connectivity index (χ1n) is 9.18. The van der Waals surface area contributed by atoms with Gasteiger partial charge in [0.1, 0.15) is 0 Å². The fourth-order valence-electron chi connectivity index (χ4n) is 3.61. The van der Waals surface area contributed by atoms with Crippen LogP contribution in [0.5, 0.6) is 0 Å². The first kappa shape index (κ1) is 17.9. The van der Waals surface area contributed by atoms with Crippen molar-refractivity contribution in [2.75, 3.05) is 31.1 Å². The normalized spacial score (nSPS) is 14.3. The fourth-order valence-corrected chi connectivity index (χ4v) is 3.61. The molecule has 0 N–H and O–H groups in total. The van der Waals surface area contributed by atoms with Gasteiger partial charge in [-0.15, -0.1) is 0 Å². The first-order chi connectivity index (χ1) is 13.5. The van der Waals surface area contributed by atoms with Gasteiger partial charge in [-0.05, 0) is 31.2 Å². The number of nitrogens with zero attached hydrogens (tertiary/aromatic N) is 4. The van der Waals surface area contributed by atoms with Crippen molar-refractivity contribution in [3.8, 4) is 0 Å². The van der Waals surface area contributed by atoms with Crippen LogP contribution in [-0.2, 0) is 0 Å². The Bertz CT molecular complexity index is 1040. The highest BCUT2D eigenvalue weighted by Gasteiger charge is 2.24. The van der Waals surface area contributed by atoms with Gasteiger partial charge in [0.15, 0.2) is 0 Å². The van der Waals surface area contributed by atoms with E-state index in [0.717, 1.165) is 22.3 Å². The van der Waals surface area contributed by atoms with Gasteiger partial charge in [-0.3, -0.25) is 19.9 Å². The maximum Gasteiger partial charge on any atom is 0.269 e. The van der Waals surface area contributed by atoms with E-state index >= 15 is 0 Å². The van der Waals surface area contributed by atoms with E-state index in [1.165, 1.54) is 12.1 Å². The fraction of sp³-hybridized carbons (Fsp3) is 0.238. The molecule has 3 aromatic rings. The lowest BCUT2D eigenvalue weighted by molar-refractivity contribution is -0.384. The van der Waals surface area contributed by atoms with Gasteiger partial charge in [-0.1, -0.05) is 18.2 Å². The molecule has 28 heavy (non-hydrogen) atoms. The molecule has 0 atom stereocenters. The molecule has 2 heterocycles. The Hall–Kier alpha value is -3.48. The number of pyridine rings is 1. The van der Waals surface area contributed by atoms with E-state index in [2.05, 4.69) is 9.88 Å². The lowest BCUT2D eigenvalue weighted by Crippen LogP contribution is -2.48. The maximum absolute atomic E-state index is 13.1. The van der Waals surface area contributed by atoms with E-state index < -0.39 is 4.92 Å². The number of hydrogen-bond acceptors (Lipinski definition) is 5. The van der Waals surface area contributed by atoms with Crippen LogP contribution in [-0.4, -0.2) is 46.9 Å². The summed E-state index contributed by atoms with van der Waals surface area (Å²) in [5.41, 5.74) is 3.36. The molecule has 7 nitrogen and oxygen atoms in total. The van der Waals surface area contributed by atoms with E-state index in [1.54, 1.807) is 12.1 Å². The van der Waals surface area contributed by atoms with Crippen LogP contribution < -0.4 is 4.90 Å². The zero-order valence-electron chi connectivity index (χ0n) is 15.5. The van der Waals surface area contributed by atoms with Crippen molar-refractivity contribution in [2.24, 2.45) is 0 Å². The summed E-state index contributed by atoms with van der Waals surface area (Å²) in [6.45, 7) is 4.48. The summed E-state index contributed by atoms with van der Waals surface area (Å²) < 4.78 is 0. The first-order valence-corrected chi connectivity index (χ1v) is 9.18. The van der Waals surface area contributed by atoms with Crippen LogP contribution in [0, 0.1) is 17.0 Å². The average molecular weight is 376 g/mol. The number of non-ortho nitro benzene ring substituents is 1. The molecule has 142 valence electrons. The third-order valence-electron chi connectivity index (χ3n) is 5.07. The van der Waals surface area contributed by atoms with E-state index in [4.69, 9.17) is 0 Å². The zero-order valence-corrected chi connectivity index (χ0v) is 15.5. The predicted molar refractivity (Wildman–Crippen MR) is 108 cm³/mol. The molecule has 1 fully saturated rings. The highest BCUT2D eigenvalue weighted by atomic mass is 16.6. The number of anilines is 1. The quantitative estimate of drug-likeness (QED) is 0.517. The number of nitro groups is 1. The van der Waals surface area contributed by atoms with Gasteiger partial charge < -0.3 is 9.80 Å². The Morgan fingerprint density at radius 1 is 1.04 bits per heavy atom. The molecule has 4 rings (SSSR count). The Labute approximate surface area is 162 Å². The zero-order chi connectivity index (χ0) is 19.7. The highest BCUT2D eigenvalue weighted by Crippen LogP contribution is 2.23. The van der Waals surface area contributed by atoms with Crippen LogP contribution in [0.15, 0.2) is 54.6 Å². The SMILES string of the molecule is Cc1cc(C(=O)N2CCN(c3ccc([N+](=O)[O-])cc3)CC2)c2ccccc2n1. The van der Waals surface area contributed by atoms with Crippen LogP contribution in [0.4, 0.5) is 11.4 Å². The van der Waals surface area contributed by atoms with Crippen molar-refractivity contribution in [3.63, 3.8) is 0 Å². The molecule has 1 aromatic heterocycles. The van der Waals surface area contributed by atoms with Crippen molar-refractivity contribution in [2.45, 2.75) is 6.92 Å². The molecule has 0 bridgehead atoms. The largest absolute Gasteiger partial charge is 0.368 e. The van der Waals surface area contributed by atoms with Crippen LogP contribution >= 0.6 is 0 Å². The summed E-state index contributed by atoms with van der Waals surface area (Å²) in [6, 6.07) is 16.1. The molecule has 1 aliphatic heterocycles. The monoisotopic (exact) mass is 376 g/mol. The Morgan fingerprint density at radius 3 is 2.39 bits per heavy atom.